The highest BCUT2D eigenvalue weighted by Gasteiger charge is 2.68. The molecule has 7 nitrogen and oxygen atoms in total. The summed E-state index contributed by atoms with van der Waals surface area (Å²) in [6, 6.07) is 4.15. The van der Waals surface area contributed by atoms with Crippen LogP contribution in [0.3, 0.4) is 0 Å². The van der Waals surface area contributed by atoms with Gasteiger partial charge in [0.1, 0.15) is 23.7 Å². The number of aliphatic imine (C=N–C) groups is 1. The first kappa shape index (κ1) is 21.6. The van der Waals surface area contributed by atoms with Gasteiger partial charge in [-0.1, -0.05) is 17.8 Å². The van der Waals surface area contributed by atoms with Gasteiger partial charge in [0.15, 0.2) is 11.0 Å². The number of nitrogens with two attached hydrogens (primary N) is 1. The van der Waals surface area contributed by atoms with Gasteiger partial charge in [0.05, 0.1) is 30.4 Å². The Morgan fingerprint density at radius 2 is 2.23 bits per heavy atom. The predicted octanol–water partition coefficient (Wildman–Crippen LogP) is 2.34. The Balaban J connectivity index is 1.68. The van der Waals surface area contributed by atoms with Crippen LogP contribution in [-0.2, 0) is 12.0 Å². The van der Waals surface area contributed by atoms with E-state index in [9.17, 15) is 18.7 Å². The average molecular weight is 448 g/mol. The second-order valence-corrected chi connectivity index (χ2v) is 9.29. The number of fused-ring (bicyclic) bond motifs is 1. The van der Waals surface area contributed by atoms with Crippen molar-refractivity contribution in [3.05, 3.63) is 52.7 Å². The molecule has 1 fully saturated rings. The first-order valence-corrected chi connectivity index (χ1v) is 10.5. The molecule has 1 aromatic carbocycles. The molecule has 1 aliphatic heterocycles. The second kappa shape index (κ2) is 7.83. The summed E-state index contributed by atoms with van der Waals surface area (Å²) >= 11 is 1.21. The summed E-state index contributed by atoms with van der Waals surface area (Å²) in [7, 11) is 1.45. The van der Waals surface area contributed by atoms with Crippen molar-refractivity contribution in [3.63, 3.8) is 0 Å². The largest absolute Gasteiger partial charge is 0.480 e. The third kappa shape index (κ3) is 3.57. The van der Waals surface area contributed by atoms with Crippen LogP contribution in [0, 0.1) is 18.7 Å². The smallest absolute Gasteiger partial charge is 0.232 e. The monoisotopic (exact) mass is 448 g/mol. The molecule has 4 rings (SSSR count). The zero-order chi connectivity index (χ0) is 22.4. The van der Waals surface area contributed by atoms with Gasteiger partial charge in [-0.25, -0.2) is 23.7 Å². The number of aliphatic hydroxyl groups excluding tert-OH is 1. The van der Waals surface area contributed by atoms with E-state index in [1.54, 1.807) is 6.92 Å². The van der Waals surface area contributed by atoms with Crippen molar-refractivity contribution in [2.45, 2.75) is 30.1 Å². The van der Waals surface area contributed by atoms with Crippen LogP contribution in [0.15, 0.2) is 29.4 Å². The minimum atomic E-state index is -1.52. The molecule has 0 spiro atoms. The highest BCUT2D eigenvalue weighted by Crippen LogP contribution is 2.65. The number of ketones is 1. The van der Waals surface area contributed by atoms with E-state index in [0.717, 1.165) is 0 Å². The van der Waals surface area contributed by atoms with Crippen LogP contribution in [0.25, 0.3) is 0 Å². The molecule has 1 aromatic heterocycles. The van der Waals surface area contributed by atoms with Gasteiger partial charge in [-0.15, -0.1) is 0 Å². The average Bonchev–Trinajstić information content (AvgIpc) is 3.49. The highest BCUT2D eigenvalue weighted by atomic mass is 32.2. The summed E-state index contributed by atoms with van der Waals surface area (Å²) in [5.41, 5.74) is 5.54. The van der Waals surface area contributed by atoms with Crippen LogP contribution >= 0.6 is 11.8 Å². The third-order valence-electron chi connectivity index (χ3n) is 5.95. The molecule has 0 unspecified atom stereocenters. The van der Waals surface area contributed by atoms with E-state index in [1.165, 1.54) is 43.3 Å². The standard InChI is InChI=1S/C21H22F2N4O3S/c1-11-18(25-8-17(26-11)30-2)15(29)6-12-3-4-14(23)13(5-12)21(9-22)16-7-20(16,10-28)31-19(24)27-21/h3-5,8,16,28H,6-7,9-10H2,1-2H3,(H2,24,27)/t16-,20-,21-/m1/s1. The van der Waals surface area contributed by atoms with Crippen LogP contribution in [0.1, 0.15) is 33.7 Å². The molecular weight excluding hydrogens is 426 g/mol. The van der Waals surface area contributed by atoms with E-state index in [-0.39, 0.29) is 41.2 Å². The number of ether oxygens (including phenoxy) is 1. The van der Waals surface area contributed by atoms with Crippen LogP contribution in [-0.4, -0.2) is 51.2 Å². The van der Waals surface area contributed by atoms with Crippen LogP contribution in [0.2, 0.25) is 0 Å². The van der Waals surface area contributed by atoms with Gasteiger partial charge in [0.2, 0.25) is 5.88 Å². The molecule has 0 radical (unpaired) electrons. The number of rotatable bonds is 7. The van der Waals surface area contributed by atoms with Gasteiger partial charge in [0, 0.05) is 17.9 Å². The maximum atomic E-state index is 14.9. The van der Waals surface area contributed by atoms with E-state index in [4.69, 9.17) is 10.5 Å². The number of carbonyl (C=O) groups is 1. The molecule has 0 amide bonds. The molecule has 1 aliphatic carbocycles. The number of benzene rings is 1. The topological polar surface area (TPSA) is 111 Å². The Kier molecular flexibility index (Phi) is 5.47. The first-order valence-electron chi connectivity index (χ1n) is 9.69. The maximum Gasteiger partial charge on any atom is 0.232 e. The summed E-state index contributed by atoms with van der Waals surface area (Å²) in [6.45, 7) is 0.489. The number of methoxy groups -OCH3 is 1. The molecule has 10 heteroatoms. The number of thioether (sulfide) groups is 1. The minimum absolute atomic E-state index is 0.0430. The highest BCUT2D eigenvalue weighted by molar-refractivity contribution is 8.15. The fourth-order valence-electron chi connectivity index (χ4n) is 4.27. The fraction of sp³-hybridized carbons (Fsp3) is 0.429. The van der Waals surface area contributed by atoms with Crippen LogP contribution < -0.4 is 10.5 Å². The Bertz CT molecular complexity index is 1080. The number of aryl methyl sites for hydroxylation is 1. The third-order valence-corrected chi connectivity index (χ3v) is 7.24. The van der Waals surface area contributed by atoms with Gasteiger partial charge < -0.3 is 15.6 Å². The molecule has 3 N–H and O–H groups in total. The number of hydrogen-bond donors (Lipinski definition) is 2. The maximum absolute atomic E-state index is 14.9. The Labute approximate surface area is 182 Å². The lowest BCUT2D eigenvalue weighted by molar-refractivity contribution is 0.0987. The Morgan fingerprint density at radius 1 is 1.45 bits per heavy atom. The van der Waals surface area contributed by atoms with Gasteiger partial charge in [0.25, 0.3) is 0 Å². The van der Waals surface area contributed by atoms with Crippen LogP contribution in [0.5, 0.6) is 5.88 Å². The summed E-state index contributed by atoms with van der Waals surface area (Å²) in [5.74, 6) is -1.03. The number of amidine groups is 1. The van der Waals surface area contributed by atoms with Crippen molar-refractivity contribution in [3.8, 4) is 5.88 Å². The van der Waals surface area contributed by atoms with E-state index in [1.807, 2.05) is 0 Å². The van der Waals surface area contributed by atoms with Crippen LogP contribution in [0.4, 0.5) is 8.78 Å². The van der Waals surface area contributed by atoms with Crippen molar-refractivity contribution >= 4 is 22.7 Å². The van der Waals surface area contributed by atoms with E-state index >= 15 is 0 Å². The van der Waals surface area contributed by atoms with Gasteiger partial charge in [-0.3, -0.25) is 4.79 Å². The number of nitrogens with zero attached hydrogens (tertiary/aromatic N) is 3. The molecule has 2 heterocycles. The predicted molar refractivity (Wildman–Crippen MR) is 113 cm³/mol. The van der Waals surface area contributed by atoms with Crippen molar-refractivity contribution in [2.75, 3.05) is 20.4 Å². The molecule has 2 aromatic rings. The van der Waals surface area contributed by atoms with Crippen molar-refractivity contribution in [1.82, 2.24) is 9.97 Å². The normalized spacial score (nSPS) is 26.7. The number of aliphatic hydroxyl groups is 1. The first-order chi connectivity index (χ1) is 14.8. The van der Waals surface area contributed by atoms with E-state index in [2.05, 4.69) is 15.0 Å². The second-order valence-electron chi connectivity index (χ2n) is 7.85. The number of alkyl halides is 1. The lowest BCUT2D eigenvalue weighted by Crippen LogP contribution is -2.41. The molecule has 0 saturated heterocycles. The lowest BCUT2D eigenvalue weighted by atomic mass is 9.83. The van der Waals surface area contributed by atoms with Gasteiger partial charge in [-0.2, -0.15) is 0 Å². The molecular formula is C21H22F2N4O3S. The Morgan fingerprint density at radius 3 is 2.87 bits per heavy atom. The van der Waals surface area contributed by atoms with Crippen molar-refractivity contribution < 1.29 is 23.4 Å². The number of hydrogen-bond acceptors (Lipinski definition) is 8. The zero-order valence-electron chi connectivity index (χ0n) is 17.1. The Hall–Kier alpha value is -2.59. The number of carbonyl (C=O) groups excluding carboxylic acids is 1. The van der Waals surface area contributed by atoms with Gasteiger partial charge >= 0.3 is 0 Å². The van der Waals surface area contributed by atoms with Crippen molar-refractivity contribution in [1.29, 1.82) is 0 Å². The van der Waals surface area contributed by atoms with Gasteiger partial charge in [-0.05, 0) is 31.0 Å². The summed E-state index contributed by atoms with van der Waals surface area (Å²) in [5, 5.41) is 9.92. The number of Topliss-reactive ketones (excluding diaryl/α,β-unsaturated/α-hetero) is 1. The summed E-state index contributed by atoms with van der Waals surface area (Å²) < 4.78 is 33.7. The molecule has 164 valence electrons. The SMILES string of the molecule is COc1cnc(C(=O)Cc2ccc(F)c([C@@]3(CF)N=C(N)S[C@@]4(CO)C[C@H]43)c2)c(C)n1. The summed E-state index contributed by atoms with van der Waals surface area (Å²) in [6.07, 6.45) is 1.76. The molecule has 3 atom stereocenters. The molecule has 0 bridgehead atoms. The fourth-order valence-corrected chi connectivity index (χ4v) is 5.55. The van der Waals surface area contributed by atoms with Crippen molar-refractivity contribution in [2.24, 2.45) is 16.6 Å². The number of aromatic nitrogens is 2. The zero-order valence-corrected chi connectivity index (χ0v) is 17.9. The number of halogens is 2. The lowest BCUT2D eigenvalue weighted by Gasteiger charge is -2.34. The minimum Gasteiger partial charge on any atom is -0.480 e. The summed E-state index contributed by atoms with van der Waals surface area (Å²) in [4.78, 5) is 25.3. The van der Waals surface area contributed by atoms with E-state index in [0.29, 0.717) is 23.6 Å². The molecule has 2 aliphatic rings. The quantitative estimate of drug-likeness (QED) is 0.626. The van der Waals surface area contributed by atoms with E-state index < -0.39 is 22.8 Å². The molecule has 1 saturated carbocycles. The molecule has 31 heavy (non-hydrogen) atoms.